The van der Waals surface area contributed by atoms with Crippen LogP contribution >= 0.6 is 11.3 Å². The molecule has 3 aromatic rings. The second-order valence-electron chi connectivity index (χ2n) is 8.07. The van der Waals surface area contributed by atoms with E-state index in [4.69, 9.17) is 0 Å². The summed E-state index contributed by atoms with van der Waals surface area (Å²) in [4.78, 5) is 1.28. The molecule has 0 bridgehead atoms. The van der Waals surface area contributed by atoms with Crippen LogP contribution in [-0.4, -0.2) is 0 Å². The molecule has 0 aliphatic heterocycles. The SMILES string of the molecule is C/C=C/C1CCC(c2ccc(-c3ccc4cc(CCC)sc4c3F)cc2)CC1. The Hall–Kier alpha value is -1.93. The van der Waals surface area contributed by atoms with Crippen molar-refractivity contribution < 1.29 is 4.39 Å². The molecule has 0 radical (unpaired) electrons. The van der Waals surface area contributed by atoms with Crippen LogP contribution in [0.15, 0.2) is 54.6 Å². The van der Waals surface area contributed by atoms with E-state index in [1.165, 1.54) is 36.1 Å². The molecule has 1 heterocycles. The Labute approximate surface area is 172 Å². The highest BCUT2D eigenvalue weighted by atomic mass is 32.1. The third kappa shape index (κ3) is 3.93. The number of hydrogen-bond acceptors (Lipinski definition) is 1. The fourth-order valence-electron chi connectivity index (χ4n) is 4.57. The van der Waals surface area contributed by atoms with Crippen molar-refractivity contribution in [3.05, 3.63) is 70.9 Å². The van der Waals surface area contributed by atoms with E-state index in [2.05, 4.69) is 62.4 Å². The van der Waals surface area contributed by atoms with Gasteiger partial charge in [-0.2, -0.15) is 0 Å². The second-order valence-corrected chi connectivity index (χ2v) is 9.20. The molecule has 0 unspecified atom stereocenters. The Kier molecular flexibility index (Phi) is 5.96. The molecule has 28 heavy (non-hydrogen) atoms. The number of rotatable bonds is 5. The van der Waals surface area contributed by atoms with Gasteiger partial charge in [0.25, 0.3) is 0 Å². The molecule has 1 aliphatic carbocycles. The Morgan fingerprint density at radius 2 is 1.79 bits per heavy atom. The minimum absolute atomic E-state index is 0.0653. The quantitative estimate of drug-likeness (QED) is 0.382. The van der Waals surface area contributed by atoms with Gasteiger partial charge < -0.3 is 0 Å². The molecule has 1 fully saturated rings. The van der Waals surface area contributed by atoms with Crippen LogP contribution < -0.4 is 0 Å². The zero-order chi connectivity index (χ0) is 19.5. The third-order valence-corrected chi connectivity index (χ3v) is 7.31. The van der Waals surface area contributed by atoms with Crippen molar-refractivity contribution in [3.63, 3.8) is 0 Å². The van der Waals surface area contributed by atoms with Gasteiger partial charge in [-0.3, -0.25) is 0 Å². The maximum Gasteiger partial charge on any atom is 0.148 e. The fourth-order valence-corrected chi connectivity index (χ4v) is 5.77. The molecule has 4 rings (SSSR count). The Balaban J connectivity index is 1.55. The van der Waals surface area contributed by atoms with Crippen molar-refractivity contribution in [1.29, 1.82) is 0 Å². The van der Waals surface area contributed by atoms with Crippen LogP contribution in [0.1, 0.15) is 62.3 Å². The van der Waals surface area contributed by atoms with Gasteiger partial charge in [-0.25, -0.2) is 4.39 Å². The molecular weight excluding hydrogens is 363 g/mol. The van der Waals surface area contributed by atoms with Crippen molar-refractivity contribution in [2.24, 2.45) is 5.92 Å². The first-order chi connectivity index (χ1) is 13.7. The summed E-state index contributed by atoms with van der Waals surface area (Å²) in [6.45, 7) is 4.28. The summed E-state index contributed by atoms with van der Waals surface area (Å²) in [5.41, 5.74) is 3.11. The standard InChI is InChI=1S/C26H29FS/c1-3-5-18-7-9-19(10-8-18)20-11-13-21(14-12-20)24-16-15-22-17-23(6-4-2)28-26(22)25(24)27/h3,5,11-19H,4,6-10H2,1-2H3/b5-3+. The first-order valence-electron chi connectivity index (χ1n) is 10.6. The Morgan fingerprint density at radius 1 is 1.04 bits per heavy atom. The number of thiophene rings is 1. The van der Waals surface area contributed by atoms with Crippen molar-refractivity contribution >= 4 is 21.4 Å². The summed E-state index contributed by atoms with van der Waals surface area (Å²) in [5, 5.41) is 1.03. The molecule has 0 nitrogen and oxygen atoms in total. The summed E-state index contributed by atoms with van der Waals surface area (Å²) < 4.78 is 16.0. The van der Waals surface area contributed by atoms with E-state index in [0.717, 1.165) is 40.0 Å². The number of hydrogen-bond donors (Lipinski definition) is 0. The molecule has 0 N–H and O–H groups in total. The molecule has 0 amide bonds. The van der Waals surface area contributed by atoms with Gasteiger partial charge in [0.1, 0.15) is 5.82 Å². The van der Waals surface area contributed by atoms with Crippen LogP contribution in [-0.2, 0) is 6.42 Å². The van der Waals surface area contributed by atoms with E-state index < -0.39 is 0 Å². The molecule has 2 aromatic carbocycles. The van der Waals surface area contributed by atoms with E-state index >= 15 is 4.39 Å². The van der Waals surface area contributed by atoms with E-state index in [1.54, 1.807) is 11.3 Å². The fraction of sp³-hybridized carbons (Fsp3) is 0.385. The van der Waals surface area contributed by atoms with Crippen LogP contribution in [0.25, 0.3) is 21.2 Å². The predicted octanol–water partition coefficient (Wildman–Crippen LogP) is 8.51. The van der Waals surface area contributed by atoms with E-state index in [-0.39, 0.29) is 5.82 Å². The van der Waals surface area contributed by atoms with Gasteiger partial charge in [-0.05, 0) is 73.4 Å². The predicted molar refractivity (Wildman–Crippen MR) is 121 cm³/mol. The van der Waals surface area contributed by atoms with Gasteiger partial charge in [-0.1, -0.05) is 61.9 Å². The van der Waals surface area contributed by atoms with Gasteiger partial charge >= 0.3 is 0 Å². The molecule has 0 spiro atoms. The number of fused-ring (bicyclic) bond motifs is 1. The lowest BCUT2D eigenvalue weighted by atomic mass is 9.78. The summed E-state index contributed by atoms with van der Waals surface area (Å²) in [5.74, 6) is 1.34. The smallest absolute Gasteiger partial charge is 0.148 e. The van der Waals surface area contributed by atoms with Crippen LogP contribution in [0.5, 0.6) is 0 Å². The average Bonchev–Trinajstić information content (AvgIpc) is 3.13. The number of benzene rings is 2. The maximum atomic E-state index is 15.2. The first kappa shape index (κ1) is 19.4. The highest BCUT2D eigenvalue weighted by Gasteiger charge is 2.21. The molecule has 0 atom stereocenters. The minimum atomic E-state index is -0.0653. The molecule has 146 valence electrons. The molecule has 1 aliphatic rings. The number of halogens is 1. The van der Waals surface area contributed by atoms with Crippen molar-refractivity contribution in [1.82, 2.24) is 0 Å². The second kappa shape index (κ2) is 8.61. The van der Waals surface area contributed by atoms with E-state index in [9.17, 15) is 0 Å². The maximum absolute atomic E-state index is 15.2. The highest BCUT2D eigenvalue weighted by molar-refractivity contribution is 7.19. The molecular formula is C26H29FS. The lowest BCUT2D eigenvalue weighted by Gasteiger charge is -2.27. The number of aryl methyl sites for hydroxylation is 1. The van der Waals surface area contributed by atoms with Gasteiger partial charge in [0.15, 0.2) is 0 Å². The zero-order valence-corrected chi connectivity index (χ0v) is 17.7. The molecule has 2 heteroatoms. The van der Waals surface area contributed by atoms with Gasteiger partial charge in [0.2, 0.25) is 0 Å². The van der Waals surface area contributed by atoms with E-state index in [1.807, 2.05) is 6.07 Å². The van der Waals surface area contributed by atoms with Gasteiger partial charge in [-0.15, -0.1) is 11.3 Å². The highest BCUT2D eigenvalue weighted by Crippen LogP contribution is 2.38. The lowest BCUT2D eigenvalue weighted by molar-refractivity contribution is 0.376. The summed E-state index contributed by atoms with van der Waals surface area (Å²) in [6, 6.07) is 14.8. The van der Waals surface area contributed by atoms with Crippen LogP contribution in [0.2, 0.25) is 0 Å². The largest absolute Gasteiger partial charge is 0.205 e. The summed E-state index contributed by atoms with van der Waals surface area (Å²) in [7, 11) is 0. The van der Waals surface area contributed by atoms with Crippen LogP contribution in [0, 0.1) is 11.7 Å². The number of allylic oxidation sites excluding steroid dienone is 2. The lowest BCUT2D eigenvalue weighted by Crippen LogP contribution is -2.11. The van der Waals surface area contributed by atoms with Gasteiger partial charge in [0.05, 0.1) is 4.70 Å². The van der Waals surface area contributed by atoms with Crippen LogP contribution in [0.4, 0.5) is 4.39 Å². The summed E-state index contributed by atoms with van der Waals surface area (Å²) in [6.07, 6.45) is 11.7. The Bertz CT molecular complexity index is 956. The molecule has 1 aromatic heterocycles. The minimum Gasteiger partial charge on any atom is -0.205 e. The van der Waals surface area contributed by atoms with Crippen LogP contribution in [0.3, 0.4) is 0 Å². The Morgan fingerprint density at radius 3 is 2.46 bits per heavy atom. The van der Waals surface area contributed by atoms with E-state index in [0.29, 0.717) is 5.92 Å². The topological polar surface area (TPSA) is 0 Å². The molecule has 1 saturated carbocycles. The van der Waals surface area contributed by atoms with Gasteiger partial charge in [0, 0.05) is 10.4 Å². The monoisotopic (exact) mass is 392 g/mol. The molecule has 0 saturated heterocycles. The zero-order valence-electron chi connectivity index (χ0n) is 16.9. The van der Waals surface area contributed by atoms with Crippen molar-refractivity contribution in [2.45, 2.75) is 58.3 Å². The van der Waals surface area contributed by atoms with Crippen molar-refractivity contribution in [2.75, 3.05) is 0 Å². The first-order valence-corrected chi connectivity index (χ1v) is 11.4. The third-order valence-electron chi connectivity index (χ3n) is 6.10. The average molecular weight is 393 g/mol. The summed E-state index contributed by atoms with van der Waals surface area (Å²) >= 11 is 1.61. The normalized spacial score (nSPS) is 20.2. The van der Waals surface area contributed by atoms with Crippen molar-refractivity contribution in [3.8, 4) is 11.1 Å².